The van der Waals surface area contributed by atoms with Gasteiger partial charge in [0.15, 0.2) is 0 Å². The smallest absolute Gasteiger partial charge is 0.0873 e. The van der Waals surface area contributed by atoms with Gasteiger partial charge in [0, 0.05) is 6.61 Å². The normalized spacial score (nSPS) is 13.7. The molecule has 0 rings (SSSR count). The van der Waals surface area contributed by atoms with E-state index in [4.69, 9.17) is 9.47 Å². The molecule has 0 aromatic rings. The van der Waals surface area contributed by atoms with E-state index >= 15 is 0 Å². The molecule has 132 valence electrons. The highest BCUT2D eigenvalue weighted by molar-refractivity contribution is 4.80. The molecule has 22 heavy (non-hydrogen) atoms. The molecule has 0 saturated carbocycles. The van der Waals surface area contributed by atoms with Gasteiger partial charge >= 0.3 is 0 Å². The van der Waals surface area contributed by atoms with Gasteiger partial charge in [0.2, 0.25) is 0 Å². The topological polar surface area (TPSA) is 18.5 Å². The first kappa shape index (κ1) is 21.5. The Balaban J connectivity index is 4.11. The summed E-state index contributed by atoms with van der Waals surface area (Å²) in [5.74, 6) is 0.632. The molecule has 0 spiro atoms. The molecule has 2 heteroatoms. The van der Waals surface area contributed by atoms with Crippen LogP contribution in [-0.4, -0.2) is 18.8 Å². The third-order valence-corrected chi connectivity index (χ3v) is 4.45. The van der Waals surface area contributed by atoms with Crippen molar-refractivity contribution in [2.75, 3.05) is 13.2 Å². The molecule has 0 aromatic carbocycles. The molecule has 0 aliphatic heterocycles. The SMILES string of the molecule is CC=COCCCC(CCCCCCCC)C(C)(C)OCC. The van der Waals surface area contributed by atoms with Crippen molar-refractivity contribution >= 4 is 0 Å². The van der Waals surface area contributed by atoms with Gasteiger partial charge in [-0.2, -0.15) is 0 Å². The van der Waals surface area contributed by atoms with Crippen LogP contribution in [0, 0.1) is 5.92 Å². The summed E-state index contributed by atoms with van der Waals surface area (Å²) < 4.78 is 11.5. The van der Waals surface area contributed by atoms with Gasteiger partial charge in [0.25, 0.3) is 0 Å². The van der Waals surface area contributed by atoms with Crippen molar-refractivity contribution in [2.24, 2.45) is 5.92 Å². The Hall–Kier alpha value is -0.500. The van der Waals surface area contributed by atoms with Gasteiger partial charge < -0.3 is 9.47 Å². The molecule has 0 amide bonds. The van der Waals surface area contributed by atoms with E-state index in [0.717, 1.165) is 19.6 Å². The molecular formula is C20H40O2. The highest BCUT2D eigenvalue weighted by Crippen LogP contribution is 2.30. The van der Waals surface area contributed by atoms with Crippen molar-refractivity contribution in [3.63, 3.8) is 0 Å². The van der Waals surface area contributed by atoms with Gasteiger partial charge in [-0.3, -0.25) is 0 Å². The molecule has 0 radical (unpaired) electrons. The third kappa shape index (κ3) is 11.1. The van der Waals surface area contributed by atoms with E-state index in [2.05, 4.69) is 27.7 Å². The Labute approximate surface area is 139 Å². The van der Waals surface area contributed by atoms with E-state index in [1.807, 2.05) is 13.0 Å². The standard InChI is InChI=1S/C20H40O2/c1-6-9-10-11-12-13-15-19(20(4,5)22-8-3)16-14-18-21-17-7-2/h7,17,19H,6,8-16,18H2,1-5H3. The number of hydrogen-bond acceptors (Lipinski definition) is 2. The van der Waals surface area contributed by atoms with Crippen molar-refractivity contribution in [1.82, 2.24) is 0 Å². The van der Waals surface area contributed by atoms with Gasteiger partial charge in [0.1, 0.15) is 0 Å². The Morgan fingerprint density at radius 2 is 1.55 bits per heavy atom. The van der Waals surface area contributed by atoms with Crippen LogP contribution in [0.15, 0.2) is 12.3 Å². The molecule has 0 aromatic heterocycles. The Morgan fingerprint density at radius 1 is 0.909 bits per heavy atom. The van der Waals surface area contributed by atoms with Crippen LogP contribution >= 0.6 is 0 Å². The molecular weight excluding hydrogens is 272 g/mol. The third-order valence-electron chi connectivity index (χ3n) is 4.45. The maximum Gasteiger partial charge on any atom is 0.0873 e. The maximum atomic E-state index is 6.01. The van der Waals surface area contributed by atoms with Crippen LogP contribution in [0.25, 0.3) is 0 Å². The summed E-state index contributed by atoms with van der Waals surface area (Å²) in [7, 11) is 0. The molecule has 2 nitrogen and oxygen atoms in total. The summed E-state index contributed by atoms with van der Waals surface area (Å²) in [6.07, 6.45) is 15.5. The Bertz CT molecular complexity index is 258. The van der Waals surface area contributed by atoms with Gasteiger partial charge in [-0.15, -0.1) is 0 Å². The molecule has 0 saturated heterocycles. The molecule has 1 unspecified atom stereocenters. The predicted octanol–water partition coefficient (Wildman–Crippen LogP) is 6.50. The summed E-state index contributed by atoms with van der Waals surface area (Å²) in [5, 5.41) is 0. The van der Waals surface area contributed by atoms with Gasteiger partial charge in [0.05, 0.1) is 18.5 Å². The molecule has 0 aliphatic rings. The zero-order valence-electron chi connectivity index (χ0n) is 15.8. The fourth-order valence-corrected chi connectivity index (χ4v) is 3.08. The Kier molecular flexibility index (Phi) is 13.8. The second-order valence-electron chi connectivity index (χ2n) is 6.77. The Morgan fingerprint density at radius 3 is 2.18 bits per heavy atom. The van der Waals surface area contributed by atoms with Gasteiger partial charge in [-0.05, 0) is 52.9 Å². The van der Waals surface area contributed by atoms with Crippen molar-refractivity contribution < 1.29 is 9.47 Å². The minimum Gasteiger partial charge on any atom is -0.502 e. The zero-order chi connectivity index (χ0) is 16.7. The maximum absolute atomic E-state index is 6.01. The summed E-state index contributed by atoms with van der Waals surface area (Å²) >= 11 is 0. The zero-order valence-corrected chi connectivity index (χ0v) is 15.8. The van der Waals surface area contributed by atoms with Crippen LogP contribution in [0.5, 0.6) is 0 Å². The number of rotatable bonds is 15. The average molecular weight is 313 g/mol. The monoisotopic (exact) mass is 312 g/mol. The summed E-state index contributed by atoms with van der Waals surface area (Å²) in [5.41, 5.74) is -0.0151. The van der Waals surface area contributed by atoms with Gasteiger partial charge in [-0.25, -0.2) is 0 Å². The average Bonchev–Trinajstić information content (AvgIpc) is 2.48. The first-order chi connectivity index (χ1) is 10.6. The van der Waals surface area contributed by atoms with Gasteiger partial charge in [-0.1, -0.05) is 51.5 Å². The molecule has 0 fully saturated rings. The highest BCUT2D eigenvalue weighted by Gasteiger charge is 2.29. The fourth-order valence-electron chi connectivity index (χ4n) is 3.08. The first-order valence-electron chi connectivity index (χ1n) is 9.45. The van der Waals surface area contributed by atoms with Crippen molar-refractivity contribution in [2.45, 2.75) is 98.0 Å². The van der Waals surface area contributed by atoms with E-state index in [0.29, 0.717) is 5.92 Å². The van der Waals surface area contributed by atoms with E-state index in [1.165, 1.54) is 51.4 Å². The summed E-state index contributed by atoms with van der Waals surface area (Å²) in [6.45, 7) is 12.5. The van der Waals surface area contributed by atoms with Crippen LogP contribution in [0.3, 0.4) is 0 Å². The first-order valence-corrected chi connectivity index (χ1v) is 9.45. The van der Waals surface area contributed by atoms with Crippen molar-refractivity contribution in [3.05, 3.63) is 12.3 Å². The minimum absolute atomic E-state index is 0.0151. The minimum atomic E-state index is -0.0151. The van der Waals surface area contributed by atoms with Crippen molar-refractivity contribution in [1.29, 1.82) is 0 Å². The second kappa shape index (κ2) is 14.1. The number of hydrogen-bond donors (Lipinski definition) is 0. The van der Waals surface area contributed by atoms with E-state index in [-0.39, 0.29) is 5.60 Å². The number of unbranched alkanes of at least 4 members (excludes halogenated alkanes) is 5. The lowest BCUT2D eigenvalue weighted by Gasteiger charge is -2.34. The van der Waals surface area contributed by atoms with Crippen LogP contribution in [0.4, 0.5) is 0 Å². The fraction of sp³-hybridized carbons (Fsp3) is 0.900. The van der Waals surface area contributed by atoms with Crippen LogP contribution in [0.1, 0.15) is 92.4 Å². The number of ether oxygens (including phenoxy) is 2. The summed E-state index contributed by atoms with van der Waals surface area (Å²) in [6, 6.07) is 0. The highest BCUT2D eigenvalue weighted by atomic mass is 16.5. The van der Waals surface area contributed by atoms with Crippen LogP contribution < -0.4 is 0 Å². The van der Waals surface area contributed by atoms with E-state index in [9.17, 15) is 0 Å². The van der Waals surface area contributed by atoms with Crippen LogP contribution in [-0.2, 0) is 9.47 Å². The molecule has 0 N–H and O–H groups in total. The van der Waals surface area contributed by atoms with Crippen molar-refractivity contribution in [3.8, 4) is 0 Å². The lowest BCUT2D eigenvalue weighted by atomic mass is 9.82. The lowest BCUT2D eigenvalue weighted by Crippen LogP contribution is -2.34. The van der Waals surface area contributed by atoms with E-state index in [1.54, 1.807) is 6.26 Å². The molecule has 0 aliphatic carbocycles. The quantitative estimate of drug-likeness (QED) is 0.254. The largest absolute Gasteiger partial charge is 0.502 e. The predicted molar refractivity (Wildman–Crippen MR) is 97.2 cm³/mol. The lowest BCUT2D eigenvalue weighted by molar-refractivity contribution is -0.0612. The summed E-state index contributed by atoms with van der Waals surface area (Å²) in [4.78, 5) is 0. The molecule has 0 bridgehead atoms. The van der Waals surface area contributed by atoms with E-state index < -0.39 is 0 Å². The molecule has 1 atom stereocenters. The second-order valence-corrected chi connectivity index (χ2v) is 6.77. The molecule has 0 heterocycles. The van der Waals surface area contributed by atoms with Crippen LogP contribution in [0.2, 0.25) is 0 Å². The number of allylic oxidation sites excluding steroid dienone is 1.